The van der Waals surface area contributed by atoms with Crippen molar-refractivity contribution >= 4 is 29.1 Å². The number of carbonyl (C=O) groups is 1. The molecular formula is C35H38N8O4. The van der Waals surface area contributed by atoms with Crippen molar-refractivity contribution in [2.75, 3.05) is 43.8 Å². The number of ether oxygens (including phenoxy) is 2. The molecule has 2 saturated heterocycles. The second kappa shape index (κ2) is 14.8. The van der Waals surface area contributed by atoms with Crippen LogP contribution in [0.4, 0.5) is 22.1 Å². The maximum atomic E-state index is 12.6. The summed E-state index contributed by atoms with van der Waals surface area (Å²) < 4.78 is 11.4. The third-order valence-electron chi connectivity index (χ3n) is 8.71. The number of nitrogens with two attached hydrogens (primary N) is 1. The second-order valence-corrected chi connectivity index (χ2v) is 11.9. The van der Waals surface area contributed by atoms with Crippen molar-refractivity contribution in [3.8, 4) is 17.2 Å². The van der Waals surface area contributed by atoms with E-state index in [9.17, 15) is 9.70 Å². The van der Waals surface area contributed by atoms with Crippen molar-refractivity contribution in [1.29, 1.82) is 5.41 Å². The molecule has 0 unspecified atom stereocenters. The Morgan fingerprint density at radius 1 is 0.872 bits per heavy atom. The monoisotopic (exact) mass is 634 g/mol. The standard InChI is InChI=1S/C35H38N8O4/c36-32(25-6-10-29(11-7-25)46-28-4-2-1-3-5-28)31-33(37)38-23-39-34(31)40-26-16-18-42(19-17-26)22-24-14-20-43(21-15-24)35(44)47-30-12-8-27(41-45)9-13-30/h1-13,23-24,26,36H,14-22H2,(H3,37,38,39,40). The predicted octanol–water partition coefficient (Wildman–Crippen LogP) is 6.45. The number of nitrogens with zero attached hydrogens (tertiary/aromatic N) is 5. The Labute approximate surface area is 273 Å². The first-order valence-electron chi connectivity index (χ1n) is 15.9. The van der Waals surface area contributed by atoms with Crippen LogP contribution in [-0.4, -0.2) is 70.3 Å². The van der Waals surface area contributed by atoms with Crippen molar-refractivity contribution in [3.05, 3.63) is 101 Å². The van der Waals surface area contributed by atoms with Gasteiger partial charge in [-0.3, -0.25) is 5.41 Å². The average Bonchev–Trinajstić information content (AvgIpc) is 3.10. The first-order valence-corrected chi connectivity index (χ1v) is 15.9. The number of nitrogens with one attached hydrogen (secondary N) is 2. The Morgan fingerprint density at radius 3 is 2.21 bits per heavy atom. The number of amides is 1. The Balaban J connectivity index is 0.973. The molecule has 2 aliphatic rings. The van der Waals surface area contributed by atoms with E-state index in [1.807, 2.05) is 54.6 Å². The van der Waals surface area contributed by atoms with Crippen molar-refractivity contribution in [2.24, 2.45) is 11.1 Å². The maximum absolute atomic E-state index is 12.6. The number of hydrogen-bond acceptors (Lipinski definition) is 11. The van der Waals surface area contributed by atoms with Gasteiger partial charge in [-0.05, 0) is 97.4 Å². The largest absolute Gasteiger partial charge is 0.457 e. The van der Waals surface area contributed by atoms with Crippen LogP contribution in [0.1, 0.15) is 36.8 Å². The highest BCUT2D eigenvalue weighted by Crippen LogP contribution is 2.28. The van der Waals surface area contributed by atoms with E-state index in [1.165, 1.54) is 18.5 Å². The van der Waals surface area contributed by atoms with E-state index >= 15 is 0 Å². The number of rotatable bonds is 10. The molecule has 242 valence electrons. The highest BCUT2D eigenvalue weighted by Gasteiger charge is 2.28. The molecule has 0 spiro atoms. The van der Waals surface area contributed by atoms with Crippen LogP contribution in [-0.2, 0) is 0 Å². The van der Waals surface area contributed by atoms with Gasteiger partial charge in [0.2, 0.25) is 0 Å². The van der Waals surface area contributed by atoms with E-state index in [-0.39, 0.29) is 23.7 Å². The summed E-state index contributed by atoms with van der Waals surface area (Å²) in [6.07, 6.45) is 4.79. The highest BCUT2D eigenvalue weighted by atomic mass is 16.6. The van der Waals surface area contributed by atoms with Gasteiger partial charge >= 0.3 is 6.09 Å². The van der Waals surface area contributed by atoms with Gasteiger partial charge < -0.3 is 30.3 Å². The lowest BCUT2D eigenvalue weighted by atomic mass is 9.95. The number of likely N-dealkylation sites (tertiary alicyclic amines) is 2. The van der Waals surface area contributed by atoms with Crippen LogP contribution < -0.4 is 20.5 Å². The number of hydrogen-bond donors (Lipinski definition) is 3. The molecule has 2 aliphatic heterocycles. The van der Waals surface area contributed by atoms with Crippen LogP contribution in [0.5, 0.6) is 17.2 Å². The van der Waals surface area contributed by atoms with Gasteiger partial charge in [-0.15, -0.1) is 4.91 Å². The number of para-hydroxylation sites is 1. The summed E-state index contributed by atoms with van der Waals surface area (Å²) in [5.41, 5.74) is 8.01. The van der Waals surface area contributed by atoms with Gasteiger partial charge in [-0.2, -0.15) is 0 Å². The van der Waals surface area contributed by atoms with Crippen LogP contribution in [0.3, 0.4) is 0 Å². The Kier molecular flexibility index (Phi) is 9.97. The fourth-order valence-electron chi connectivity index (χ4n) is 6.07. The summed E-state index contributed by atoms with van der Waals surface area (Å²) in [4.78, 5) is 36.1. The van der Waals surface area contributed by atoms with Gasteiger partial charge in [0.25, 0.3) is 0 Å². The minimum atomic E-state index is -0.367. The molecule has 12 nitrogen and oxygen atoms in total. The molecule has 6 rings (SSSR count). The van der Waals surface area contributed by atoms with E-state index < -0.39 is 0 Å². The predicted molar refractivity (Wildman–Crippen MR) is 181 cm³/mol. The van der Waals surface area contributed by atoms with Crippen LogP contribution >= 0.6 is 0 Å². The Bertz CT molecular complexity index is 1670. The topological polar surface area (TPSA) is 159 Å². The van der Waals surface area contributed by atoms with Crippen LogP contribution in [0, 0.1) is 16.2 Å². The van der Waals surface area contributed by atoms with Gasteiger partial charge in [0.05, 0.1) is 11.3 Å². The van der Waals surface area contributed by atoms with Crippen molar-refractivity contribution in [3.63, 3.8) is 0 Å². The minimum Gasteiger partial charge on any atom is -0.457 e. The number of piperidine rings is 2. The number of anilines is 2. The summed E-state index contributed by atoms with van der Waals surface area (Å²) in [6.45, 7) is 4.20. The molecule has 3 aromatic carbocycles. The fourth-order valence-corrected chi connectivity index (χ4v) is 6.07. The molecule has 4 N–H and O–H groups in total. The number of benzene rings is 3. The smallest absolute Gasteiger partial charge is 0.415 e. The third kappa shape index (κ3) is 8.08. The molecule has 0 saturated carbocycles. The van der Waals surface area contributed by atoms with Crippen LogP contribution in [0.15, 0.2) is 90.4 Å². The Hall–Kier alpha value is -5.36. The van der Waals surface area contributed by atoms with Gasteiger partial charge in [-0.25, -0.2) is 14.8 Å². The van der Waals surface area contributed by atoms with Crippen LogP contribution in [0.25, 0.3) is 0 Å². The second-order valence-electron chi connectivity index (χ2n) is 11.9. The fraction of sp³-hybridized carbons (Fsp3) is 0.314. The number of aromatic nitrogens is 2. The molecule has 1 aromatic heterocycles. The van der Waals surface area contributed by atoms with Crippen LogP contribution in [0.2, 0.25) is 0 Å². The normalized spacial score (nSPS) is 16.0. The highest BCUT2D eigenvalue weighted by molar-refractivity contribution is 6.16. The maximum Gasteiger partial charge on any atom is 0.415 e. The van der Waals surface area contributed by atoms with E-state index in [1.54, 1.807) is 17.0 Å². The summed E-state index contributed by atoms with van der Waals surface area (Å²) in [6, 6.07) is 23.3. The average molecular weight is 635 g/mol. The molecule has 12 heteroatoms. The molecule has 3 heterocycles. The quantitative estimate of drug-likeness (QED) is 0.132. The number of carbonyl (C=O) groups excluding carboxylic acids is 1. The van der Waals surface area contributed by atoms with E-state index in [0.717, 1.165) is 51.1 Å². The van der Waals surface area contributed by atoms with Gasteiger partial charge in [0.1, 0.15) is 40.9 Å². The van der Waals surface area contributed by atoms with Crippen molar-refractivity contribution in [2.45, 2.75) is 31.7 Å². The summed E-state index contributed by atoms with van der Waals surface area (Å²) in [5.74, 6) is 3.17. The zero-order valence-electron chi connectivity index (χ0n) is 26.0. The lowest BCUT2D eigenvalue weighted by molar-refractivity contribution is 0.113. The molecule has 47 heavy (non-hydrogen) atoms. The number of nitrogen functional groups attached to an aromatic ring is 1. The first-order chi connectivity index (χ1) is 22.9. The van der Waals surface area contributed by atoms with E-state index in [4.69, 9.17) is 20.6 Å². The molecule has 1 amide bonds. The Morgan fingerprint density at radius 2 is 1.53 bits per heavy atom. The molecule has 0 atom stereocenters. The van der Waals surface area contributed by atoms with Crippen molar-refractivity contribution in [1.82, 2.24) is 19.8 Å². The third-order valence-corrected chi connectivity index (χ3v) is 8.71. The summed E-state index contributed by atoms with van der Waals surface area (Å²) in [5, 5.41) is 15.4. The number of nitroso groups, excluding NO2 is 1. The zero-order valence-corrected chi connectivity index (χ0v) is 26.0. The summed E-state index contributed by atoms with van der Waals surface area (Å²) >= 11 is 0. The molecule has 0 aliphatic carbocycles. The van der Waals surface area contributed by atoms with Gasteiger partial charge in [0.15, 0.2) is 0 Å². The van der Waals surface area contributed by atoms with Gasteiger partial charge in [0, 0.05) is 44.3 Å². The van der Waals surface area contributed by atoms with E-state index in [2.05, 4.69) is 25.4 Å². The molecule has 0 bridgehead atoms. The molecule has 4 aromatic rings. The summed E-state index contributed by atoms with van der Waals surface area (Å²) in [7, 11) is 0. The first kappa shape index (κ1) is 31.6. The molecule has 0 radical (unpaired) electrons. The minimum absolute atomic E-state index is 0.196. The zero-order chi connectivity index (χ0) is 32.6. The SMILES string of the molecule is N=C(c1ccc(Oc2ccccc2)cc1)c1c(N)ncnc1NC1CCN(CC2CCN(C(=O)Oc3ccc(N=O)cc3)CC2)CC1. The van der Waals surface area contributed by atoms with Gasteiger partial charge in [-0.1, -0.05) is 18.2 Å². The lowest BCUT2D eigenvalue weighted by Crippen LogP contribution is -2.45. The van der Waals surface area contributed by atoms with Crippen molar-refractivity contribution < 1.29 is 14.3 Å². The van der Waals surface area contributed by atoms with E-state index in [0.29, 0.717) is 53.1 Å². The lowest BCUT2D eigenvalue weighted by Gasteiger charge is -2.37. The molecular weight excluding hydrogens is 596 g/mol. The molecule has 2 fully saturated rings.